The molecule has 50 heavy (non-hydrogen) atoms. The zero-order valence-electron chi connectivity index (χ0n) is 31.7. The molecule has 0 amide bonds. The average Bonchev–Trinajstić information content (AvgIpc) is 3.22. The largest absolute Gasteiger partial charge is 0.281 e. The van der Waals surface area contributed by atoms with Crippen LogP contribution in [0.5, 0.6) is 0 Å². The molecule has 0 aliphatic heterocycles. The summed E-state index contributed by atoms with van der Waals surface area (Å²) in [5.74, 6) is 0. The summed E-state index contributed by atoms with van der Waals surface area (Å²) in [4.78, 5) is 7.50. The van der Waals surface area contributed by atoms with Crippen LogP contribution in [0, 0.1) is 0 Å². The number of hydrogen-bond donors (Lipinski definition) is 0. The van der Waals surface area contributed by atoms with Crippen molar-refractivity contribution >= 4 is 38.4 Å². The third-order valence-corrected chi connectivity index (χ3v) is 22.5. The minimum absolute atomic E-state index is 0.385. The molecule has 7 rings (SSSR count). The average molecular weight is 828 g/mol. The van der Waals surface area contributed by atoms with Crippen LogP contribution in [0.1, 0.15) is 198 Å². The van der Waals surface area contributed by atoms with Crippen molar-refractivity contribution in [3.8, 4) is 0 Å². The van der Waals surface area contributed by atoms with Crippen LogP contribution < -0.4 is 0 Å². The van der Waals surface area contributed by atoms with Crippen molar-refractivity contribution in [1.82, 2.24) is 0 Å². The summed E-state index contributed by atoms with van der Waals surface area (Å²) in [6, 6.07) is 10.00. The van der Waals surface area contributed by atoms with E-state index in [1.54, 1.807) is 160 Å². The number of rotatable bonds is 7. The quantitative estimate of drug-likeness (QED) is 0.198. The van der Waals surface area contributed by atoms with E-state index in [0.717, 1.165) is 9.73 Å². The second kappa shape index (κ2) is 26.2. The minimum Gasteiger partial charge on any atom is -0.281 e. The van der Waals surface area contributed by atoms with Crippen LogP contribution >= 0.6 is 27.4 Å². The Morgan fingerprint density at radius 1 is 0.460 bits per heavy atom. The third kappa shape index (κ3) is 14.6. The number of hydrogen-bond acceptors (Lipinski definition) is 1. The predicted octanol–water partition coefficient (Wildman–Crippen LogP) is 15.3. The number of carbonyl (C=O) groups excluding carboxylic acids is 1. The first-order valence-corrected chi connectivity index (χ1v) is 25.9. The van der Waals surface area contributed by atoms with Crippen molar-refractivity contribution in [3.05, 3.63) is 41.4 Å². The van der Waals surface area contributed by atoms with Crippen LogP contribution in [-0.2, 0) is 23.1 Å². The van der Waals surface area contributed by atoms with E-state index < -0.39 is 0 Å². The molecule has 0 N–H and O–H groups in total. The molecule has 0 heterocycles. The summed E-state index contributed by atoms with van der Waals surface area (Å²) >= 11 is 7.99. The van der Waals surface area contributed by atoms with Gasteiger partial charge in [0.25, 0.3) is 6.79 Å². The fourth-order valence-electron chi connectivity index (χ4n) is 10.7. The fraction of sp³-hybridized carbons (Fsp3) is 0.800. The molecule has 5 heteroatoms. The van der Waals surface area contributed by atoms with Crippen LogP contribution in [-0.4, -0.2) is 40.7 Å². The molecule has 1 nitrogen and oxygen atoms in total. The standard InChI is InChI=1S/2C18H33P.C8H6Cl.CO.Ru/c2*1-4-10-16(11-5-1)19(17-12-6-2-7-13-17)18-14-8-3-9-15-18;9-7-6-8-4-2-1-3-5-8;1-2;/h2*16-18H,1-15H2;1-5,7H;;. The molecule has 0 atom stereocenters. The normalized spacial score (nSPS) is 24.4. The van der Waals surface area contributed by atoms with E-state index in [0.29, 0.717) is 15.8 Å². The topological polar surface area (TPSA) is 17.1 Å². The summed E-state index contributed by atoms with van der Waals surface area (Å²) < 4.78 is 1.03. The molecule has 6 aliphatic rings. The van der Waals surface area contributed by atoms with Crippen molar-refractivity contribution < 1.29 is 23.1 Å². The second-order valence-electron chi connectivity index (χ2n) is 16.5. The van der Waals surface area contributed by atoms with E-state index in [1.165, 1.54) is 72.5 Å². The Labute approximate surface area is 327 Å². The van der Waals surface area contributed by atoms with Gasteiger partial charge in [-0.2, -0.15) is 0 Å². The Morgan fingerprint density at radius 2 is 0.680 bits per heavy atom. The molecule has 0 spiro atoms. The Morgan fingerprint density at radius 3 is 0.880 bits per heavy atom. The fourth-order valence-corrected chi connectivity index (χ4v) is 20.5. The first-order valence-electron chi connectivity index (χ1n) is 21.5. The summed E-state index contributed by atoms with van der Waals surface area (Å²) in [6.45, 7) is 4.50. The molecular weight excluding hydrogens is 755 g/mol. The summed E-state index contributed by atoms with van der Waals surface area (Å²) in [7, 11) is 0.770. The third-order valence-electron chi connectivity index (χ3n) is 13.1. The van der Waals surface area contributed by atoms with Gasteiger partial charge in [-0.3, -0.25) is 4.79 Å². The van der Waals surface area contributed by atoms with E-state index in [2.05, 4.69) is 25.1 Å². The van der Waals surface area contributed by atoms with Gasteiger partial charge < -0.3 is 0 Å². The molecule has 6 saturated carbocycles. The van der Waals surface area contributed by atoms with Gasteiger partial charge in [-0.1, -0.05) is 131 Å². The first kappa shape index (κ1) is 43.1. The molecule has 6 fully saturated rings. The van der Waals surface area contributed by atoms with Crippen LogP contribution in [0.15, 0.2) is 35.9 Å². The smallest absolute Gasteiger partial charge is 0.281 e. The van der Waals surface area contributed by atoms with Gasteiger partial charge >= 0.3 is 75.5 Å². The van der Waals surface area contributed by atoms with E-state index in [-0.39, 0.29) is 0 Å². The molecule has 0 bridgehead atoms. The Balaban J connectivity index is 0.000000172. The number of benzene rings is 1. The van der Waals surface area contributed by atoms with Gasteiger partial charge in [0.1, 0.15) is 0 Å². The van der Waals surface area contributed by atoms with E-state index in [4.69, 9.17) is 16.4 Å². The van der Waals surface area contributed by atoms with Gasteiger partial charge in [0.05, 0.1) is 0 Å². The summed E-state index contributed by atoms with van der Waals surface area (Å²) in [6.07, 6.45) is 47.2. The van der Waals surface area contributed by atoms with Crippen LogP contribution in [0.25, 0.3) is 4.17 Å². The predicted molar refractivity (Wildman–Crippen MR) is 221 cm³/mol. The summed E-state index contributed by atoms with van der Waals surface area (Å²) in [5, 5.41) is 0. The van der Waals surface area contributed by atoms with Gasteiger partial charge in [-0.25, -0.2) is 0 Å². The Kier molecular flexibility index (Phi) is 22.6. The summed E-state index contributed by atoms with van der Waals surface area (Å²) in [5.41, 5.74) is 9.85. The molecule has 1 aromatic carbocycles. The van der Waals surface area contributed by atoms with E-state index in [9.17, 15) is 0 Å². The SMILES string of the molecule is C1CCC(P(C2CCCCC2)C2CCCCC2)CC1.C1CCC(P(C2CCCCC2)C2CCCCC2)CC1.ClC=[C]([Ru])c1ccccc1.[C]=O. The molecule has 0 aromatic heterocycles. The molecular formula is C45H72ClOP2Ru. The van der Waals surface area contributed by atoms with Crippen molar-refractivity contribution in [1.29, 1.82) is 0 Å². The zero-order valence-corrected chi connectivity index (χ0v) is 36.0. The van der Waals surface area contributed by atoms with Crippen molar-refractivity contribution in [2.24, 2.45) is 0 Å². The van der Waals surface area contributed by atoms with Gasteiger partial charge in [0.2, 0.25) is 0 Å². The molecule has 6 aliphatic carbocycles. The van der Waals surface area contributed by atoms with Crippen LogP contribution in [0.2, 0.25) is 0 Å². The monoisotopic (exact) mass is 827 g/mol. The van der Waals surface area contributed by atoms with Gasteiger partial charge in [-0.05, 0) is 111 Å². The molecule has 1 aromatic rings. The molecule has 2 radical (unpaired) electrons. The van der Waals surface area contributed by atoms with Crippen molar-refractivity contribution in [2.45, 2.75) is 227 Å². The van der Waals surface area contributed by atoms with Gasteiger partial charge in [0, 0.05) is 0 Å². The van der Waals surface area contributed by atoms with Gasteiger partial charge in [0.15, 0.2) is 0 Å². The maximum absolute atomic E-state index is 7.50. The Hall–Kier alpha value is 0.403. The second-order valence-corrected chi connectivity index (χ2v) is 23.8. The number of halogens is 1. The van der Waals surface area contributed by atoms with Gasteiger partial charge in [-0.15, -0.1) is 0 Å². The Bertz CT molecular complexity index is 862. The van der Waals surface area contributed by atoms with Crippen LogP contribution in [0.4, 0.5) is 0 Å². The molecule has 0 unspecified atom stereocenters. The van der Waals surface area contributed by atoms with E-state index >= 15 is 0 Å². The van der Waals surface area contributed by atoms with Crippen molar-refractivity contribution in [3.63, 3.8) is 0 Å². The first-order chi connectivity index (χ1) is 24.7. The maximum atomic E-state index is 7.50. The molecule has 0 saturated heterocycles. The molecule has 283 valence electrons. The maximum Gasteiger partial charge on any atom is 0.281 e. The van der Waals surface area contributed by atoms with Crippen molar-refractivity contribution in [2.75, 3.05) is 0 Å². The minimum atomic E-state index is 0.385. The van der Waals surface area contributed by atoms with E-state index in [1.807, 2.05) is 30.3 Å². The zero-order chi connectivity index (χ0) is 35.2. The van der Waals surface area contributed by atoms with Crippen LogP contribution in [0.3, 0.4) is 0 Å².